The number of pyridine rings is 1. The van der Waals surface area contributed by atoms with Gasteiger partial charge < -0.3 is 10.8 Å². The molecule has 5 heteroatoms. The van der Waals surface area contributed by atoms with Crippen LogP contribution in [0.5, 0.6) is 5.75 Å². The van der Waals surface area contributed by atoms with Gasteiger partial charge in [-0.1, -0.05) is 24.3 Å². The number of aryl methyl sites for hydroxylation is 1. The first kappa shape index (κ1) is 14.7. The summed E-state index contributed by atoms with van der Waals surface area (Å²) in [6.45, 7) is 1.94. The number of nitrogen functional groups attached to an aromatic ring is 1. The number of nitrogens with two attached hydrogens (primary N) is 1. The number of aromatic hydroxyl groups is 1. The van der Waals surface area contributed by atoms with Crippen LogP contribution in [0, 0.1) is 6.92 Å². The predicted molar refractivity (Wildman–Crippen MR) is 91.4 cm³/mol. The van der Waals surface area contributed by atoms with Crippen molar-refractivity contribution < 1.29 is 5.11 Å². The summed E-state index contributed by atoms with van der Waals surface area (Å²) < 4.78 is 0. The number of phenols is 1. The molecule has 0 aliphatic rings. The summed E-state index contributed by atoms with van der Waals surface area (Å²) in [4.78, 5) is 4.17. The van der Waals surface area contributed by atoms with Crippen molar-refractivity contribution in [1.82, 2.24) is 15.2 Å². The van der Waals surface area contributed by atoms with E-state index in [2.05, 4.69) is 15.2 Å². The Morgan fingerprint density at radius 1 is 1.04 bits per heavy atom. The molecule has 2 aromatic heterocycles. The molecule has 0 radical (unpaired) electrons. The van der Waals surface area contributed by atoms with Crippen LogP contribution in [0.25, 0.3) is 23.4 Å². The fourth-order valence-corrected chi connectivity index (χ4v) is 2.23. The number of aromatic nitrogens is 3. The van der Waals surface area contributed by atoms with E-state index in [1.807, 2.05) is 43.3 Å². The molecule has 0 unspecified atom stereocenters. The Hall–Kier alpha value is -3.21. The number of rotatable bonds is 3. The number of benzene rings is 1. The monoisotopic (exact) mass is 304 g/mol. The second kappa shape index (κ2) is 6.27. The lowest BCUT2D eigenvalue weighted by molar-refractivity contribution is 0.477. The van der Waals surface area contributed by atoms with Gasteiger partial charge in [0, 0.05) is 23.0 Å². The Kier molecular flexibility index (Phi) is 4.01. The van der Waals surface area contributed by atoms with Crippen LogP contribution in [0.3, 0.4) is 0 Å². The number of phenolic OH excluding ortho intramolecular Hbond substituents is 1. The largest absolute Gasteiger partial charge is 0.507 e. The van der Waals surface area contributed by atoms with Crippen LogP contribution in [0.4, 0.5) is 5.82 Å². The molecule has 2 heterocycles. The first-order valence-corrected chi connectivity index (χ1v) is 7.16. The molecule has 5 nitrogen and oxygen atoms in total. The highest BCUT2D eigenvalue weighted by Crippen LogP contribution is 2.28. The summed E-state index contributed by atoms with van der Waals surface area (Å²) in [5.41, 5.74) is 9.81. The van der Waals surface area contributed by atoms with Gasteiger partial charge >= 0.3 is 0 Å². The van der Waals surface area contributed by atoms with Crippen molar-refractivity contribution in [3.8, 4) is 17.0 Å². The number of hydrogen-bond donors (Lipinski definition) is 2. The zero-order valence-corrected chi connectivity index (χ0v) is 12.6. The van der Waals surface area contributed by atoms with E-state index in [9.17, 15) is 5.11 Å². The van der Waals surface area contributed by atoms with Crippen LogP contribution in [0.15, 0.2) is 48.7 Å². The minimum absolute atomic E-state index is 0.159. The Bertz CT molecular complexity index is 874. The van der Waals surface area contributed by atoms with Gasteiger partial charge in [-0.3, -0.25) is 4.98 Å². The molecular weight excluding hydrogens is 288 g/mol. The zero-order valence-electron chi connectivity index (χ0n) is 12.6. The maximum Gasteiger partial charge on any atom is 0.153 e. The van der Waals surface area contributed by atoms with E-state index in [0.29, 0.717) is 17.1 Å². The standard InChI is InChI=1S/C18H16N4O/c1-12-10-13(8-9-20-12)6-7-14-11-16(21-22-18(14)19)15-4-2-3-5-17(15)23/h2-11,23H,1H3,(H2,19,22)/b7-6+. The van der Waals surface area contributed by atoms with Gasteiger partial charge in [0.25, 0.3) is 0 Å². The van der Waals surface area contributed by atoms with Crippen molar-refractivity contribution in [1.29, 1.82) is 0 Å². The Morgan fingerprint density at radius 3 is 2.65 bits per heavy atom. The van der Waals surface area contributed by atoms with Gasteiger partial charge in [0.15, 0.2) is 5.82 Å². The van der Waals surface area contributed by atoms with Crippen molar-refractivity contribution in [3.05, 3.63) is 65.5 Å². The molecule has 0 saturated carbocycles. The molecule has 1 aromatic carbocycles. The maximum absolute atomic E-state index is 9.94. The second-order valence-corrected chi connectivity index (χ2v) is 5.15. The van der Waals surface area contributed by atoms with Gasteiger partial charge in [-0.15, -0.1) is 10.2 Å². The van der Waals surface area contributed by atoms with Crippen LogP contribution in [-0.4, -0.2) is 20.3 Å². The van der Waals surface area contributed by atoms with Crippen molar-refractivity contribution in [2.24, 2.45) is 0 Å². The third-order valence-electron chi connectivity index (χ3n) is 3.41. The van der Waals surface area contributed by atoms with E-state index in [0.717, 1.165) is 16.8 Å². The average molecular weight is 304 g/mol. The highest BCUT2D eigenvalue weighted by Gasteiger charge is 2.08. The van der Waals surface area contributed by atoms with Crippen LogP contribution >= 0.6 is 0 Å². The van der Waals surface area contributed by atoms with Gasteiger partial charge in [-0.2, -0.15) is 0 Å². The lowest BCUT2D eigenvalue weighted by atomic mass is 10.1. The van der Waals surface area contributed by atoms with E-state index < -0.39 is 0 Å². The number of hydrogen-bond acceptors (Lipinski definition) is 5. The Morgan fingerprint density at radius 2 is 1.87 bits per heavy atom. The van der Waals surface area contributed by atoms with Gasteiger partial charge in [0.2, 0.25) is 0 Å². The SMILES string of the molecule is Cc1cc(/C=C/c2cc(-c3ccccc3O)nnc2N)ccn1. The normalized spacial score (nSPS) is 11.0. The van der Waals surface area contributed by atoms with Gasteiger partial charge in [-0.25, -0.2) is 0 Å². The maximum atomic E-state index is 9.94. The smallest absolute Gasteiger partial charge is 0.153 e. The number of anilines is 1. The minimum Gasteiger partial charge on any atom is -0.507 e. The molecule has 0 bridgehead atoms. The number of para-hydroxylation sites is 1. The van der Waals surface area contributed by atoms with E-state index in [1.54, 1.807) is 24.4 Å². The highest BCUT2D eigenvalue weighted by molar-refractivity contribution is 5.77. The minimum atomic E-state index is 0.159. The molecule has 0 amide bonds. The van der Waals surface area contributed by atoms with Gasteiger partial charge in [0.05, 0.1) is 5.69 Å². The third kappa shape index (κ3) is 3.35. The lowest BCUT2D eigenvalue weighted by Gasteiger charge is -2.05. The molecule has 114 valence electrons. The van der Waals surface area contributed by atoms with Crippen molar-refractivity contribution >= 4 is 18.0 Å². The summed E-state index contributed by atoms with van der Waals surface area (Å²) in [5.74, 6) is 0.498. The van der Waals surface area contributed by atoms with E-state index in [4.69, 9.17) is 5.73 Å². The quantitative estimate of drug-likeness (QED) is 0.775. The van der Waals surface area contributed by atoms with Crippen molar-refractivity contribution in [2.75, 3.05) is 5.73 Å². The molecule has 0 aliphatic heterocycles. The molecule has 3 aromatic rings. The summed E-state index contributed by atoms with van der Waals surface area (Å²) >= 11 is 0. The number of nitrogens with zero attached hydrogens (tertiary/aromatic N) is 3. The predicted octanol–water partition coefficient (Wildman–Crippen LogP) is 3.31. The fraction of sp³-hybridized carbons (Fsp3) is 0.0556. The lowest BCUT2D eigenvalue weighted by Crippen LogP contribution is -1.98. The second-order valence-electron chi connectivity index (χ2n) is 5.15. The zero-order chi connectivity index (χ0) is 16.2. The van der Waals surface area contributed by atoms with E-state index in [-0.39, 0.29) is 5.75 Å². The van der Waals surface area contributed by atoms with E-state index >= 15 is 0 Å². The van der Waals surface area contributed by atoms with Gasteiger partial charge in [0.1, 0.15) is 5.75 Å². The summed E-state index contributed by atoms with van der Waals surface area (Å²) in [5, 5.41) is 18.0. The Balaban J connectivity index is 1.97. The topological polar surface area (TPSA) is 84.9 Å². The molecule has 0 saturated heterocycles. The van der Waals surface area contributed by atoms with Crippen LogP contribution < -0.4 is 5.73 Å². The van der Waals surface area contributed by atoms with E-state index in [1.165, 1.54) is 0 Å². The van der Waals surface area contributed by atoms with Crippen LogP contribution in [-0.2, 0) is 0 Å². The van der Waals surface area contributed by atoms with Crippen LogP contribution in [0.2, 0.25) is 0 Å². The first-order valence-electron chi connectivity index (χ1n) is 7.16. The first-order chi connectivity index (χ1) is 11.1. The Labute approximate surface area is 134 Å². The van der Waals surface area contributed by atoms with Crippen molar-refractivity contribution in [2.45, 2.75) is 6.92 Å². The summed E-state index contributed by atoms with van der Waals surface area (Å²) in [7, 11) is 0. The third-order valence-corrected chi connectivity index (χ3v) is 3.41. The van der Waals surface area contributed by atoms with Gasteiger partial charge in [-0.05, 0) is 42.8 Å². The fourth-order valence-electron chi connectivity index (χ4n) is 2.23. The highest BCUT2D eigenvalue weighted by atomic mass is 16.3. The average Bonchev–Trinajstić information content (AvgIpc) is 2.55. The molecule has 23 heavy (non-hydrogen) atoms. The molecule has 0 atom stereocenters. The molecule has 0 fully saturated rings. The molecule has 3 rings (SSSR count). The molecule has 3 N–H and O–H groups in total. The van der Waals surface area contributed by atoms with Crippen LogP contribution in [0.1, 0.15) is 16.8 Å². The van der Waals surface area contributed by atoms with Crippen molar-refractivity contribution in [3.63, 3.8) is 0 Å². The molecule has 0 spiro atoms. The summed E-state index contributed by atoms with van der Waals surface area (Å²) in [6.07, 6.45) is 5.58. The molecule has 0 aliphatic carbocycles. The summed E-state index contributed by atoms with van der Waals surface area (Å²) in [6, 6.07) is 12.7. The molecular formula is C18H16N4O.